The molecule has 0 aliphatic heterocycles. The summed E-state index contributed by atoms with van der Waals surface area (Å²) in [6, 6.07) is 3.99. The molecule has 1 N–H and O–H groups in total. The summed E-state index contributed by atoms with van der Waals surface area (Å²) in [4.78, 5) is 19.2. The zero-order valence-corrected chi connectivity index (χ0v) is 10.6. The van der Waals surface area contributed by atoms with E-state index in [4.69, 9.17) is 5.11 Å². The quantitative estimate of drug-likeness (QED) is 0.879. The van der Waals surface area contributed by atoms with Crippen LogP contribution in [0.4, 0.5) is 0 Å². The molecule has 0 bridgehead atoms. The number of hydrogen-bond acceptors (Lipinski definition) is 3. The van der Waals surface area contributed by atoms with Crippen molar-refractivity contribution in [2.24, 2.45) is 0 Å². The lowest BCUT2D eigenvalue weighted by molar-refractivity contribution is 0.0691. The van der Waals surface area contributed by atoms with E-state index in [9.17, 15) is 4.79 Å². The predicted octanol–water partition coefficient (Wildman–Crippen LogP) is 2.77. The third kappa shape index (κ3) is 2.09. The number of carboxylic acids is 1. The zero-order chi connectivity index (χ0) is 13.3. The molecular formula is C14H14N2O2. The number of nitrogens with zero attached hydrogens (tertiary/aromatic N) is 2. The van der Waals surface area contributed by atoms with Crippen LogP contribution in [-0.2, 0) is 0 Å². The van der Waals surface area contributed by atoms with Crippen molar-refractivity contribution in [3.8, 4) is 11.3 Å². The van der Waals surface area contributed by atoms with Crippen LogP contribution in [0, 0.1) is 20.8 Å². The van der Waals surface area contributed by atoms with Gasteiger partial charge < -0.3 is 5.11 Å². The molecule has 4 nitrogen and oxygen atoms in total. The minimum Gasteiger partial charge on any atom is -0.476 e. The van der Waals surface area contributed by atoms with Crippen molar-refractivity contribution in [2.75, 3.05) is 0 Å². The molecule has 2 aromatic rings. The summed E-state index contributed by atoms with van der Waals surface area (Å²) in [6.07, 6.45) is 2.90. The molecule has 0 saturated heterocycles. The van der Waals surface area contributed by atoms with Crippen LogP contribution in [0.15, 0.2) is 24.5 Å². The third-order valence-corrected chi connectivity index (χ3v) is 3.00. The smallest absolute Gasteiger partial charge is 0.356 e. The molecule has 0 radical (unpaired) electrons. The van der Waals surface area contributed by atoms with Gasteiger partial charge in [-0.15, -0.1) is 0 Å². The molecule has 0 atom stereocenters. The lowest BCUT2D eigenvalue weighted by Gasteiger charge is -2.10. The van der Waals surface area contributed by atoms with E-state index < -0.39 is 5.97 Å². The van der Waals surface area contributed by atoms with Gasteiger partial charge in [0.2, 0.25) is 0 Å². The highest BCUT2D eigenvalue weighted by Gasteiger charge is 2.16. The Kier molecular flexibility index (Phi) is 3.10. The number of aryl methyl sites for hydroxylation is 3. The van der Waals surface area contributed by atoms with Gasteiger partial charge in [0.15, 0.2) is 5.69 Å². The van der Waals surface area contributed by atoms with Gasteiger partial charge in [0.05, 0.1) is 0 Å². The van der Waals surface area contributed by atoms with Crippen molar-refractivity contribution in [3.63, 3.8) is 0 Å². The molecule has 2 rings (SSSR count). The van der Waals surface area contributed by atoms with Gasteiger partial charge in [-0.2, -0.15) is 0 Å². The number of rotatable bonds is 2. The van der Waals surface area contributed by atoms with E-state index in [-0.39, 0.29) is 5.69 Å². The number of benzene rings is 1. The van der Waals surface area contributed by atoms with E-state index in [1.807, 2.05) is 32.9 Å². The zero-order valence-electron chi connectivity index (χ0n) is 10.6. The fourth-order valence-electron chi connectivity index (χ4n) is 1.91. The maximum atomic E-state index is 11.2. The number of hydrogen-bond donors (Lipinski definition) is 1. The number of carbonyl (C=O) groups is 1. The van der Waals surface area contributed by atoms with Crippen LogP contribution in [0.3, 0.4) is 0 Å². The summed E-state index contributed by atoms with van der Waals surface area (Å²) in [5.74, 6) is -1.06. The molecule has 0 fully saturated rings. The largest absolute Gasteiger partial charge is 0.476 e. The van der Waals surface area contributed by atoms with Crippen LogP contribution >= 0.6 is 0 Å². The van der Waals surface area contributed by atoms with Gasteiger partial charge in [-0.05, 0) is 43.5 Å². The molecule has 1 aromatic heterocycles. The minimum absolute atomic E-state index is 0.0103. The molecule has 1 aromatic carbocycles. The Hall–Kier alpha value is -2.23. The summed E-state index contributed by atoms with van der Waals surface area (Å²) in [5, 5.41) is 9.14. The SMILES string of the molecule is Cc1cc(C)c(-c2nccnc2C(=O)O)cc1C. The van der Waals surface area contributed by atoms with Gasteiger partial charge in [0.1, 0.15) is 5.69 Å². The van der Waals surface area contributed by atoms with Crippen LogP contribution in [0.5, 0.6) is 0 Å². The average Bonchev–Trinajstić information content (AvgIpc) is 2.34. The second-order valence-corrected chi connectivity index (χ2v) is 4.31. The first-order valence-electron chi connectivity index (χ1n) is 5.63. The highest BCUT2D eigenvalue weighted by molar-refractivity contribution is 5.93. The van der Waals surface area contributed by atoms with Gasteiger partial charge in [-0.25, -0.2) is 9.78 Å². The van der Waals surface area contributed by atoms with Crippen molar-refractivity contribution in [2.45, 2.75) is 20.8 Å². The summed E-state index contributed by atoms with van der Waals surface area (Å²) >= 11 is 0. The number of carboxylic acid groups (broad SMARTS) is 1. The minimum atomic E-state index is -1.06. The second kappa shape index (κ2) is 4.56. The second-order valence-electron chi connectivity index (χ2n) is 4.31. The van der Waals surface area contributed by atoms with E-state index in [1.165, 1.54) is 18.0 Å². The Morgan fingerprint density at radius 2 is 1.61 bits per heavy atom. The first kappa shape index (κ1) is 12.2. The van der Waals surface area contributed by atoms with Crippen molar-refractivity contribution in [1.29, 1.82) is 0 Å². The van der Waals surface area contributed by atoms with E-state index in [0.717, 1.165) is 16.7 Å². The van der Waals surface area contributed by atoms with Gasteiger partial charge >= 0.3 is 5.97 Å². The molecule has 0 aliphatic carbocycles. The maximum Gasteiger partial charge on any atom is 0.356 e. The maximum absolute atomic E-state index is 11.2. The Bertz CT molecular complexity index is 621. The Morgan fingerprint density at radius 1 is 1.00 bits per heavy atom. The van der Waals surface area contributed by atoms with Crippen LogP contribution in [0.25, 0.3) is 11.3 Å². The van der Waals surface area contributed by atoms with Gasteiger partial charge in [-0.3, -0.25) is 4.98 Å². The van der Waals surface area contributed by atoms with Crippen LogP contribution in [0.1, 0.15) is 27.2 Å². The fourth-order valence-corrected chi connectivity index (χ4v) is 1.91. The van der Waals surface area contributed by atoms with Gasteiger partial charge in [0.25, 0.3) is 0 Å². The Balaban J connectivity index is 2.69. The molecule has 4 heteroatoms. The molecule has 0 amide bonds. The number of aromatic carboxylic acids is 1. The normalized spacial score (nSPS) is 10.4. The van der Waals surface area contributed by atoms with E-state index in [2.05, 4.69) is 9.97 Å². The molecule has 0 saturated carbocycles. The molecule has 0 spiro atoms. The van der Waals surface area contributed by atoms with Crippen LogP contribution in [-0.4, -0.2) is 21.0 Å². The molecule has 1 heterocycles. The molecule has 18 heavy (non-hydrogen) atoms. The van der Waals surface area contributed by atoms with Crippen molar-refractivity contribution in [3.05, 3.63) is 46.9 Å². The third-order valence-electron chi connectivity index (χ3n) is 3.00. The standard InChI is InChI=1S/C14H14N2O2/c1-8-6-10(3)11(7-9(8)2)12-13(14(17)18)16-5-4-15-12/h4-7H,1-3H3,(H,17,18). The monoisotopic (exact) mass is 242 g/mol. The topological polar surface area (TPSA) is 63.1 Å². The van der Waals surface area contributed by atoms with E-state index in [0.29, 0.717) is 5.69 Å². The van der Waals surface area contributed by atoms with Crippen LogP contribution < -0.4 is 0 Å². The summed E-state index contributed by atoms with van der Waals surface area (Å²) in [7, 11) is 0. The molecule has 92 valence electrons. The van der Waals surface area contributed by atoms with Crippen molar-refractivity contribution in [1.82, 2.24) is 9.97 Å². The predicted molar refractivity (Wildman–Crippen MR) is 68.6 cm³/mol. The highest BCUT2D eigenvalue weighted by atomic mass is 16.4. The molecule has 0 unspecified atom stereocenters. The Labute approximate surface area is 105 Å². The lowest BCUT2D eigenvalue weighted by Crippen LogP contribution is -2.05. The fraction of sp³-hybridized carbons (Fsp3) is 0.214. The van der Waals surface area contributed by atoms with Crippen molar-refractivity contribution >= 4 is 5.97 Å². The highest BCUT2D eigenvalue weighted by Crippen LogP contribution is 2.26. The first-order chi connectivity index (χ1) is 8.50. The molecule has 0 aliphatic rings. The van der Waals surface area contributed by atoms with Crippen molar-refractivity contribution < 1.29 is 9.90 Å². The first-order valence-corrected chi connectivity index (χ1v) is 5.63. The molecular weight excluding hydrogens is 228 g/mol. The lowest BCUT2D eigenvalue weighted by atomic mass is 9.97. The van der Waals surface area contributed by atoms with Gasteiger partial charge in [-0.1, -0.05) is 6.07 Å². The summed E-state index contributed by atoms with van der Waals surface area (Å²) < 4.78 is 0. The Morgan fingerprint density at radius 3 is 2.28 bits per heavy atom. The average molecular weight is 242 g/mol. The summed E-state index contributed by atoms with van der Waals surface area (Å²) in [6.45, 7) is 5.97. The van der Waals surface area contributed by atoms with E-state index >= 15 is 0 Å². The van der Waals surface area contributed by atoms with Crippen LogP contribution in [0.2, 0.25) is 0 Å². The number of aromatic nitrogens is 2. The van der Waals surface area contributed by atoms with Gasteiger partial charge in [0, 0.05) is 18.0 Å². The van der Waals surface area contributed by atoms with E-state index in [1.54, 1.807) is 0 Å². The summed E-state index contributed by atoms with van der Waals surface area (Å²) in [5.41, 5.74) is 4.52.